The Labute approximate surface area is 91.1 Å². The Morgan fingerprint density at radius 3 is 2.67 bits per heavy atom. The first-order valence-corrected chi connectivity index (χ1v) is 5.21. The molecule has 0 spiro atoms. The number of nitrogens with one attached hydrogen (secondary N) is 1. The van der Waals surface area contributed by atoms with E-state index in [2.05, 4.69) is 18.3 Å². The van der Waals surface area contributed by atoms with Gasteiger partial charge in [-0.1, -0.05) is 19.1 Å². The fourth-order valence-corrected chi connectivity index (χ4v) is 1.62. The molecule has 1 aromatic rings. The molecule has 0 fully saturated rings. The van der Waals surface area contributed by atoms with Crippen LogP contribution < -0.4 is 10.1 Å². The molecule has 0 aromatic heterocycles. The molecule has 3 heteroatoms. The zero-order valence-electron chi connectivity index (χ0n) is 9.58. The van der Waals surface area contributed by atoms with Gasteiger partial charge in [-0.15, -0.1) is 0 Å². The molecular formula is C12H19NO2. The van der Waals surface area contributed by atoms with Crippen molar-refractivity contribution in [2.45, 2.75) is 19.4 Å². The van der Waals surface area contributed by atoms with Crippen molar-refractivity contribution in [3.05, 3.63) is 29.3 Å². The zero-order valence-corrected chi connectivity index (χ0v) is 9.58. The highest BCUT2D eigenvalue weighted by Crippen LogP contribution is 2.26. The van der Waals surface area contributed by atoms with Crippen LogP contribution in [0.1, 0.15) is 24.1 Å². The van der Waals surface area contributed by atoms with Crippen molar-refractivity contribution in [3.8, 4) is 5.75 Å². The number of benzene rings is 1. The molecule has 1 atom stereocenters. The van der Waals surface area contributed by atoms with Crippen molar-refractivity contribution >= 4 is 0 Å². The monoisotopic (exact) mass is 209 g/mol. The van der Waals surface area contributed by atoms with Gasteiger partial charge in [0.15, 0.2) is 0 Å². The predicted molar refractivity (Wildman–Crippen MR) is 61.3 cm³/mol. The Balaban J connectivity index is 3.09. The number of hydrogen-bond acceptors (Lipinski definition) is 3. The number of likely N-dealkylation sites (N-methyl/N-ethyl adjacent to an activating group) is 1. The van der Waals surface area contributed by atoms with Crippen LogP contribution in [-0.4, -0.2) is 25.9 Å². The van der Waals surface area contributed by atoms with Gasteiger partial charge in [-0.3, -0.25) is 0 Å². The lowest BCUT2D eigenvalue weighted by molar-refractivity contribution is 0.247. The summed E-state index contributed by atoms with van der Waals surface area (Å²) in [6, 6.07) is 6.02. The molecule has 0 saturated heterocycles. The summed E-state index contributed by atoms with van der Waals surface area (Å²) in [4.78, 5) is 0. The first-order valence-electron chi connectivity index (χ1n) is 5.21. The van der Waals surface area contributed by atoms with E-state index in [0.29, 0.717) is 0 Å². The molecule has 84 valence electrons. The molecule has 0 aliphatic carbocycles. The van der Waals surface area contributed by atoms with Crippen LogP contribution in [0.25, 0.3) is 0 Å². The van der Waals surface area contributed by atoms with Gasteiger partial charge in [0.1, 0.15) is 5.75 Å². The van der Waals surface area contributed by atoms with E-state index in [-0.39, 0.29) is 12.6 Å². The largest absolute Gasteiger partial charge is 0.496 e. The van der Waals surface area contributed by atoms with Crippen molar-refractivity contribution in [1.29, 1.82) is 0 Å². The predicted octanol–water partition coefficient (Wildman–Crippen LogP) is 1.51. The lowest BCUT2D eigenvalue weighted by Gasteiger charge is -2.18. The number of methoxy groups -OCH3 is 1. The number of hydrogen-bond donors (Lipinski definition) is 2. The highest BCUT2D eigenvalue weighted by Gasteiger charge is 2.13. The van der Waals surface area contributed by atoms with Crippen LogP contribution in [-0.2, 0) is 6.42 Å². The first-order chi connectivity index (χ1) is 7.26. The molecule has 1 aromatic carbocycles. The molecule has 0 amide bonds. The Morgan fingerprint density at radius 1 is 1.47 bits per heavy atom. The molecule has 15 heavy (non-hydrogen) atoms. The van der Waals surface area contributed by atoms with Crippen molar-refractivity contribution in [1.82, 2.24) is 5.32 Å². The number of ether oxygens (including phenoxy) is 1. The van der Waals surface area contributed by atoms with Gasteiger partial charge in [0.2, 0.25) is 0 Å². The van der Waals surface area contributed by atoms with Gasteiger partial charge in [-0.05, 0) is 25.1 Å². The van der Waals surface area contributed by atoms with E-state index in [0.717, 1.165) is 17.7 Å². The van der Waals surface area contributed by atoms with Crippen molar-refractivity contribution < 1.29 is 9.84 Å². The van der Waals surface area contributed by atoms with Crippen LogP contribution in [0.2, 0.25) is 0 Å². The number of rotatable bonds is 5. The van der Waals surface area contributed by atoms with Crippen molar-refractivity contribution in [2.24, 2.45) is 0 Å². The van der Waals surface area contributed by atoms with Gasteiger partial charge in [0.05, 0.1) is 19.8 Å². The summed E-state index contributed by atoms with van der Waals surface area (Å²) in [6.45, 7) is 2.18. The van der Waals surface area contributed by atoms with Gasteiger partial charge in [-0.25, -0.2) is 0 Å². The number of aryl methyl sites for hydroxylation is 1. The van der Waals surface area contributed by atoms with Crippen LogP contribution in [0, 0.1) is 0 Å². The zero-order chi connectivity index (χ0) is 11.3. The molecule has 0 saturated carbocycles. The maximum atomic E-state index is 9.24. The third-order valence-electron chi connectivity index (χ3n) is 2.61. The normalized spacial score (nSPS) is 12.5. The average molecular weight is 209 g/mol. The van der Waals surface area contributed by atoms with Crippen molar-refractivity contribution in [2.75, 3.05) is 20.8 Å². The molecule has 1 rings (SSSR count). The smallest absolute Gasteiger partial charge is 0.123 e. The molecule has 0 bridgehead atoms. The second kappa shape index (κ2) is 5.73. The van der Waals surface area contributed by atoms with Gasteiger partial charge < -0.3 is 15.2 Å². The van der Waals surface area contributed by atoms with Crippen LogP contribution in [0.4, 0.5) is 0 Å². The molecule has 0 heterocycles. The molecule has 1 unspecified atom stereocenters. The summed E-state index contributed by atoms with van der Waals surface area (Å²) in [5.41, 5.74) is 2.27. The summed E-state index contributed by atoms with van der Waals surface area (Å²) in [5, 5.41) is 12.3. The lowest BCUT2D eigenvalue weighted by atomic mass is 10.0. The van der Waals surface area contributed by atoms with E-state index in [1.54, 1.807) is 7.11 Å². The Bertz CT molecular complexity index is 308. The first kappa shape index (κ1) is 12.0. The van der Waals surface area contributed by atoms with E-state index in [4.69, 9.17) is 4.74 Å². The number of aliphatic hydroxyl groups is 1. The van der Waals surface area contributed by atoms with E-state index in [1.807, 2.05) is 19.2 Å². The van der Waals surface area contributed by atoms with Crippen LogP contribution in [0.5, 0.6) is 5.75 Å². The Kier molecular flexibility index (Phi) is 4.59. The maximum Gasteiger partial charge on any atom is 0.123 e. The minimum absolute atomic E-state index is 0.0635. The standard InChI is InChI=1S/C12H19NO2/c1-4-9-5-6-12(15-3)10(7-9)11(8-14)13-2/h5-7,11,13-14H,4,8H2,1-3H3. The molecule has 0 aliphatic rings. The molecule has 3 nitrogen and oxygen atoms in total. The topological polar surface area (TPSA) is 41.5 Å². The summed E-state index contributed by atoms with van der Waals surface area (Å²) >= 11 is 0. The fourth-order valence-electron chi connectivity index (χ4n) is 1.62. The average Bonchev–Trinajstić information content (AvgIpc) is 2.30. The maximum absolute atomic E-state index is 9.24. The van der Waals surface area contributed by atoms with E-state index in [1.165, 1.54) is 5.56 Å². The van der Waals surface area contributed by atoms with Crippen LogP contribution >= 0.6 is 0 Å². The molecule has 2 N–H and O–H groups in total. The highest BCUT2D eigenvalue weighted by molar-refractivity contribution is 5.39. The minimum atomic E-state index is -0.0635. The van der Waals surface area contributed by atoms with Gasteiger partial charge >= 0.3 is 0 Å². The van der Waals surface area contributed by atoms with Crippen molar-refractivity contribution in [3.63, 3.8) is 0 Å². The Hall–Kier alpha value is -1.06. The summed E-state index contributed by atoms with van der Waals surface area (Å²) < 4.78 is 5.28. The molecular weight excluding hydrogens is 190 g/mol. The van der Waals surface area contributed by atoms with Crippen LogP contribution in [0.3, 0.4) is 0 Å². The third-order valence-corrected chi connectivity index (χ3v) is 2.61. The second-order valence-electron chi connectivity index (χ2n) is 3.45. The lowest BCUT2D eigenvalue weighted by Crippen LogP contribution is -2.20. The summed E-state index contributed by atoms with van der Waals surface area (Å²) in [5.74, 6) is 0.820. The van der Waals surface area contributed by atoms with Gasteiger partial charge in [0.25, 0.3) is 0 Å². The summed E-state index contributed by atoms with van der Waals surface area (Å²) in [6.07, 6.45) is 0.985. The van der Waals surface area contributed by atoms with E-state index < -0.39 is 0 Å². The van der Waals surface area contributed by atoms with Gasteiger partial charge in [0, 0.05) is 5.56 Å². The SMILES string of the molecule is CCc1ccc(OC)c(C(CO)NC)c1. The van der Waals surface area contributed by atoms with Gasteiger partial charge in [-0.2, -0.15) is 0 Å². The minimum Gasteiger partial charge on any atom is -0.496 e. The quantitative estimate of drug-likeness (QED) is 0.772. The van der Waals surface area contributed by atoms with E-state index >= 15 is 0 Å². The fraction of sp³-hybridized carbons (Fsp3) is 0.500. The molecule has 0 radical (unpaired) electrons. The number of aliphatic hydroxyl groups excluding tert-OH is 1. The van der Waals surface area contributed by atoms with Crippen LogP contribution in [0.15, 0.2) is 18.2 Å². The van der Waals surface area contributed by atoms with E-state index in [9.17, 15) is 5.11 Å². The third kappa shape index (κ3) is 2.70. The highest BCUT2D eigenvalue weighted by atomic mass is 16.5. The Morgan fingerprint density at radius 2 is 2.20 bits per heavy atom. The second-order valence-corrected chi connectivity index (χ2v) is 3.45. The molecule has 0 aliphatic heterocycles. The summed E-state index contributed by atoms with van der Waals surface area (Å²) in [7, 11) is 3.48.